The van der Waals surface area contributed by atoms with Crippen molar-refractivity contribution >= 4 is 23.4 Å². The number of hydrogen-bond acceptors (Lipinski definition) is 4. The van der Waals surface area contributed by atoms with Crippen LogP contribution in [0.25, 0.3) is 0 Å². The lowest BCUT2D eigenvalue weighted by Crippen LogP contribution is -2.40. The molecule has 2 amide bonds. The molecule has 0 bridgehead atoms. The number of anilines is 2. The highest BCUT2D eigenvalue weighted by molar-refractivity contribution is 6.21. The number of nitrogens with two attached hydrogens (primary N) is 1. The van der Waals surface area contributed by atoms with Gasteiger partial charge in [0.25, 0.3) is 0 Å². The van der Waals surface area contributed by atoms with Gasteiger partial charge in [-0.1, -0.05) is 13.3 Å². The van der Waals surface area contributed by atoms with E-state index in [1.807, 2.05) is 33.8 Å². The highest BCUT2D eigenvalue weighted by Gasteiger charge is 2.48. The first-order valence-electron chi connectivity index (χ1n) is 7.22. The van der Waals surface area contributed by atoms with Crippen molar-refractivity contribution in [2.24, 2.45) is 0 Å². The zero-order chi connectivity index (χ0) is 15.8. The number of nitrogen functional groups attached to an aromatic ring is 1. The van der Waals surface area contributed by atoms with Crippen LogP contribution < -0.4 is 10.6 Å². The first-order valence-corrected chi connectivity index (χ1v) is 7.22. The van der Waals surface area contributed by atoms with E-state index in [1.54, 1.807) is 6.07 Å². The summed E-state index contributed by atoms with van der Waals surface area (Å²) >= 11 is 0. The van der Waals surface area contributed by atoms with Crippen LogP contribution in [0.2, 0.25) is 0 Å². The molecule has 0 aromatic heterocycles. The number of amides is 2. The summed E-state index contributed by atoms with van der Waals surface area (Å²) in [6.45, 7) is 7.86. The monoisotopic (exact) mass is 290 g/mol. The molecule has 1 aliphatic rings. The quantitative estimate of drug-likeness (QED) is 0.685. The van der Waals surface area contributed by atoms with Gasteiger partial charge in [0, 0.05) is 5.69 Å². The van der Waals surface area contributed by atoms with Crippen LogP contribution in [0.4, 0.5) is 16.2 Å². The van der Waals surface area contributed by atoms with Crippen molar-refractivity contribution in [3.63, 3.8) is 0 Å². The van der Waals surface area contributed by atoms with E-state index in [1.165, 1.54) is 0 Å². The molecule has 0 saturated heterocycles. The molecule has 0 unspecified atom stereocenters. The van der Waals surface area contributed by atoms with E-state index in [0.717, 1.165) is 28.9 Å². The first kappa shape index (κ1) is 15.4. The third kappa shape index (κ3) is 2.48. The Morgan fingerprint density at radius 1 is 1.38 bits per heavy atom. The van der Waals surface area contributed by atoms with Crippen molar-refractivity contribution in [3.05, 3.63) is 23.3 Å². The highest BCUT2D eigenvalue weighted by Crippen LogP contribution is 2.44. The number of benzene rings is 1. The molecule has 0 fully saturated rings. The molecular formula is C16H22N2O3. The molecule has 0 radical (unpaired) electrons. The van der Waals surface area contributed by atoms with Crippen LogP contribution in [0.3, 0.4) is 0 Å². The van der Waals surface area contributed by atoms with Gasteiger partial charge in [0.15, 0.2) is 0 Å². The fraction of sp³-hybridized carbons (Fsp3) is 0.500. The Hall–Kier alpha value is -2.04. The highest BCUT2D eigenvalue weighted by atomic mass is 16.6. The summed E-state index contributed by atoms with van der Waals surface area (Å²) in [5.41, 5.74) is 7.93. The number of hydrogen-bond donors (Lipinski definition) is 1. The molecule has 5 nitrogen and oxygen atoms in total. The van der Waals surface area contributed by atoms with Gasteiger partial charge in [-0.15, -0.1) is 0 Å². The summed E-state index contributed by atoms with van der Waals surface area (Å²) in [5.74, 6) is -0.271. The van der Waals surface area contributed by atoms with E-state index in [0.29, 0.717) is 18.0 Å². The minimum atomic E-state index is -0.753. The van der Waals surface area contributed by atoms with Crippen LogP contribution in [-0.2, 0) is 14.9 Å². The molecule has 0 saturated carbocycles. The fourth-order valence-corrected chi connectivity index (χ4v) is 2.83. The maximum atomic E-state index is 12.6. The van der Waals surface area contributed by atoms with E-state index in [-0.39, 0.29) is 5.91 Å². The van der Waals surface area contributed by atoms with Crippen LogP contribution in [0.15, 0.2) is 12.1 Å². The lowest BCUT2D eigenvalue weighted by molar-refractivity contribution is -0.121. The molecule has 1 aromatic carbocycles. The second-order valence-electron chi connectivity index (χ2n) is 5.97. The third-order valence-electron chi connectivity index (χ3n) is 3.85. The van der Waals surface area contributed by atoms with Crippen LogP contribution in [0.5, 0.6) is 0 Å². The zero-order valence-electron chi connectivity index (χ0n) is 13.0. The number of carbonyl (C=O) groups is 2. The molecule has 114 valence electrons. The standard InChI is InChI=1S/C16H22N2O3/c1-5-6-7-21-15(20)18-12-9-11(17)8-10(2)13(12)16(3,4)14(18)19/h8-9H,5-7,17H2,1-4H3. The second-order valence-corrected chi connectivity index (χ2v) is 5.97. The summed E-state index contributed by atoms with van der Waals surface area (Å²) in [6, 6.07) is 3.48. The zero-order valence-corrected chi connectivity index (χ0v) is 13.0. The van der Waals surface area contributed by atoms with Gasteiger partial charge in [-0.25, -0.2) is 9.69 Å². The molecule has 1 aromatic rings. The van der Waals surface area contributed by atoms with Crippen molar-refractivity contribution in [1.29, 1.82) is 0 Å². The van der Waals surface area contributed by atoms with Crippen LogP contribution in [-0.4, -0.2) is 18.6 Å². The smallest absolute Gasteiger partial charge is 0.421 e. The Balaban J connectivity index is 2.42. The minimum absolute atomic E-state index is 0.271. The molecule has 2 rings (SSSR count). The third-order valence-corrected chi connectivity index (χ3v) is 3.85. The van der Waals surface area contributed by atoms with Crippen molar-refractivity contribution in [1.82, 2.24) is 0 Å². The van der Waals surface area contributed by atoms with Gasteiger partial charge in [-0.2, -0.15) is 0 Å². The first-order chi connectivity index (χ1) is 9.80. The van der Waals surface area contributed by atoms with Gasteiger partial charge in [0.05, 0.1) is 17.7 Å². The Labute approximate surface area is 125 Å². The molecule has 1 heterocycles. The number of unbranched alkanes of at least 4 members (excludes halogenated alkanes) is 1. The largest absolute Gasteiger partial charge is 0.449 e. The van der Waals surface area contributed by atoms with Gasteiger partial charge >= 0.3 is 6.09 Å². The summed E-state index contributed by atoms with van der Waals surface area (Å²) in [5, 5.41) is 0. The molecule has 2 N–H and O–H groups in total. The van der Waals surface area contributed by atoms with E-state index in [2.05, 4.69) is 0 Å². The summed E-state index contributed by atoms with van der Waals surface area (Å²) in [7, 11) is 0. The Morgan fingerprint density at radius 3 is 2.67 bits per heavy atom. The van der Waals surface area contributed by atoms with Crippen molar-refractivity contribution in [2.75, 3.05) is 17.2 Å². The Morgan fingerprint density at radius 2 is 2.05 bits per heavy atom. The summed E-state index contributed by atoms with van der Waals surface area (Å²) < 4.78 is 5.19. The number of imide groups is 1. The molecular weight excluding hydrogens is 268 g/mol. The van der Waals surface area contributed by atoms with Crippen LogP contribution in [0, 0.1) is 6.92 Å². The molecule has 0 atom stereocenters. The summed E-state index contributed by atoms with van der Waals surface area (Å²) in [4.78, 5) is 26.0. The second kappa shape index (κ2) is 5.39. The molecule has 0 aliphatic carbocycles. The number of ether oxygens (including phenoxy) is 1. The van der Waals surface area contributed by atoms with Crippen LogP contribution >= 0.6 is 0 Å². The van der Waals surface area contributed by atoms with E-state index in [9.17, 15) is 9.59 Å². The Bertz CT molecular complexity index is 593. The number of fused-ring (bicyclic) bond motifs is 1. The maximum absolute atomic E-state index is 12.6. The number of carbonyl (C=O) groups excluding carboxylic acids is 2. The van der Waals surface area contributed by atoms with Gasteiger partial charge in [-0.3, -0.25) is 4.79 Å². The summed E-state index contributed by atoms with van der Waals surface area (Å²) in [6.07, 6.45) is 1.08. The molecule has 0 spiro atoms. The average Bonchev–Trinajstić information content (AvgIpc) is 2.57. The molecule has 21 heavy (non-hydrogen) atoms. The topological polar surface area (TPSA) is 72.6 Å². The Kier molecular flexibility index (Phi) is 3.94. The van der Waals surface area contributed by atoms with Crippen molar-refractivity contribution in [2.45, 2.75) is 46.0 Å². The van der Waals surface area contributed by atoms with E-state index in [4.69, 9.17) is 10.5 Å². The van der Waals surface area contributed by atoms with E-state index >= 15 is 0 Å². The molecule has 1 aliphatic heterocycles. The van der Waals surface area contributed by atoms with Gasteiger partial charge < -0.3 is 10.5 Å². The van der Waals surface area contributed by atoms with Gasteiger partial charge in [-0.05, 0) is 50.5 Å². The average molecular weight is 290 g/mol. The number of aryl methyl sites for hydroxylation is 1. The number of rotatable bonds is 3. The number of nitrogens with zero attached hydrogens (tertiary/aromatic N) is 1. The van der Waals surface area contributed by atoms with Crippen LogP contribution in [0.1, 0.15) is 44.7 Å². The van der Waals surface area contributed by atoms with Gasteiger partial charge in [0.1, 0.15) is 0 Å². The SMILES string of the molecule is CCCCOC(=O)N1C(=O)C(C)(C)c2c(C)cc(N)cc21. The minimum Gasteiger partial charge on any atom is -0.449 e. The van der Waals surface area contributed by atoms with Gasteiger partial charge in [0.2, 0.25) is 5.91 Å². The predicted molar refractivity (Wildman–Crippen MR) is 82.4 cm³/mol. The lowest BCUT2D eigenvalue weighted by atomic mass is 9.83. The maximum Gasteiger partial charge on any atom is 0.421 e. The van der Waals surface area contributed by atoms with Crippen molar-refractivity contribution in [3.8, 4) is 0 Å². The predicted octanol–water partition coefficient (Wildman–Crippen LogP) is 3.14. The lowest BCUT2D eigenvalue weighted by Gasteiger charge is -2.19. The molecule has 5 heteroatoms. The normalized spacial score (nSPS) is 16.0. The fourth-order valence-electron chi connectivity index (χ4n) is 2.83. The van der Waals surface area contributed by atoms with Crippen molar-refractivity contribution < 1.29 is 14.3 Å². The van der Waals surface area contributed by atoms with E-state index < -0.39 is 11.5 Å².